The number of hydroxylamine groups is 1. The number of carboxylic acids is 1. The van der Waals surface area contributed by atoms with E-state index >= 15 is 0 Å². The van der Waals surface area contributed by atoms with Gasteiger partial charge in [0.25, 0.3) is 0 Å². The summed E-state index contributed by atoms with van der Waals surface area (Å²) in [6, 6.07) is 13.8. The van der Waals surface area contributed by atoms with Crippen LogP contribution in [0.15, 0.2) is 65.7 Å². The Morgan fingerprint density at radius 3 is 2.56 bits per heavy atom. The summed E-state index contributed by atoms with van der Waals surface area (Å²) in [7, 11) is 1.48. The van der Waals surface area contributed by atoms with E-state index in [1.165, 1.54) is 42.3 Å². The molecule has 2 amide bonds. The molecule has 3 aromatic carbocycles. The molecule has 1 heterocycles. The molecule has 0 unspecified atom stereocenters. The van der Waals surface area contributed by atoms with E-state index in [0.717, 1.165) is 12.1 Å². The molecule has 4 rings (SSSR count). The van der Waals surface area contributed by atoms with Crippen LogP contribution in [0.2, 0.25) is 5.02 Å². The van der Waals surface area contributed by atoms with Gasteiger partial charge in [0.1, 0.15) is 12.3 Å². The number of rotatable bonds is 9. The third-order valence-electron chi connectivity index (χ3n) is 6.13. The van der Waals surface area contributed by atoms with Gasteiger partial charge in [-0.1, -0.05) is 23.7 Å². The fraction of sp³-hybridized carbons (Fsp3) is 0.214. The smallest absolute Gasteiger partial charge is 0.335 e. The van der Waals surface area contributed by atoms with Crippen molar-refractivity contribution in [1.82, 2.24) is 10.4 Å². The average molecular weight is 587 g/mol. The number of nitrogens with one attached hydrogen (secondary N) is 2. The Kier molecular flexibility index (Phi) is 9.35. The summed E-state index contributed by atoms with van der Waals surface area (Å²) >= 11 is 6.16. The first-order valence-electron chi connectivity index (χ1n) is 12.3. The number of nitrogens with zero attached hydrogens (tertiary/aromatic N) is 2. The SMILES string of the molecule is COc1ccc(Cl)cc1C[C@@H]1CN=C(NOc2c(F)cccc2F)CN(CC(=O)Nc2cccc(C(=O)O)c2)C1=O. The van der Waals surface area contributed by atoms with Gasteiger partial charge in [-0.3, -0.25) is 14.6 Å². The molecule has 13 heteroatoms. The summed E-state index contributed by atoms with van der Waals surface area (Å²) in [5.74, 6) is -5.00. The number of carbonyl (C=O) groups is 3. The van der Waals surface area contributed by atoms with E-state index in [1.54, 1.807) is 18.2 Å². The number of amidine groups is 1. The molecule has 0 aromatic heterocycles. The van der Waals surface area contributed by atoms with Gasteiger partial charge in [-0.15, -0.1) is 0 Å². The van der Waals surface area contributed by atoms with Crippen LogP contribution in [0.3, 0.4) is 0 Å². The first kappa shape index (κ1) is 29.3. The molecule has 1 aliphatic rings. The van der Waals surface area contributed by atoms with Gasteiger partial charge in [0.2, 0.25) is 17.6 Å². The van der Waals surface area contributed by atoms with Crippen molar-refractivity contribution in [1.29, 1.82) is 0 Å². The number of carboxylic acid groups (broad SMARTS) is 1. The third-order valence-corrected chi connectivity index (χ3v) is 6.37. The number of methoxy groups -OCH3 is 1. The Bertz CT molecular complexity index is 1480. The lowest BCUT2D eigenvalue weighted by atomic mass is 9.97. The van der Waals surface area contributed by atoms with E-state index in [4.69, 9.17) is 21.2 Å². The summed E-state index contributed by atoms with van der Waals surface area (Å²) in [5.41, 5.74) is 3.24. The Labute approximate surface area is 238 Å². The van der Waals surface area contributed by atoms with Crippen LogP contribution in [0.1, 0.15) is 15.9 Å². The number of amides is 2. The maximum absolute atomic E-state index is 14.1. The number of benzene rings is 3. The number of carbonyl (C=O) groups excluding carboxylic acids is 2. The lowest BCUT2D eigenvalue weighted by Gasteiger charge is -2.24. The zero-order valence-electron chi connectivity index (χ0n) is 21.7. The highest BCUT2D eigenvalue weighted by Crippen LogP contribution is 2.27. The lowest BCUT2D eigenvalue weighted by Crippen LogP contribution is -2.46. The summed E-state index contributed by atoms with van der Waals surface area (Å²) in [5, 5.41) is 12.2. The van der Waals surface area contributed by atoms with E-state index in [2.05, 4.69) is 15.8 Å². The highest BCUT2D eigenvalue weighted by Gasteiger charge is 2.31. The van der Waals surface area contributed by atoms with Gasteiger partial charge in [0, 0.05) is 10.7 Å². The van der Waals surface area contributed by atoms with Crippen molar-refractivity contribution in [2.45, 2.75) is 6.42 Å². The maximum atomic E-state index is 14.1. The number of ether oxygens (including phenoxy) is 1. The molecule has 0 spiro atoms. The lowest BCUT2D eigenvalue weighted by molar-refractivity contribution is -0.137. The predicted octanol–water partition coefficient (Wildman–Crippen LogP) is 3.95. The normalized spacial score (nSPS) is 15.0. The molecule has 0 bridgehead atoms. The molecule has 0 aliphatic carbocycles. The van der Waals surface area contributed by atoms with Crippen LogP contribution in [0, 0.1) is 17.6 Å². The minimum absolute atomic E-state index is 0.0275. The van der Waals surface area contributed by atoms with Gasteiger partial charge in [-0.25, -0.2) is 19.1 Å². The summed E-state index contributed by atoms with van der Waals surface area (Å²) < 4.78 is 33.5. The first-order chi connectivity index (χ1) is 19.6. The second-order valence-electron chi connectivity index (χ2n) is 9.03. The zero-order chi connectivity index (χ0) is 29.5. The second-order valence-corrected chi connectivity index (χ2v) is 9.46. The minimum atomic E-state index is -1.17. The average Bonchev–Trinajstić information content (AvgIpc) is 3.07. The molecule has 0 fully saturated rings. The van der Waals surface area contributed by atoms with Crippen LogP contribution < -0.4 is 20.4 Å². The predicted molar refractivity (Wildman–Crippen MR) is 146 cm³/mol. The van der Waals surface area contributed by atoms with E-state index in [9.17, 15) is 28.3 Å². The van der Waals surface area contributed by atoms with E-state index in [1.807, 2.05) is 0 Å². The number of aliphatic imine (C=N–C) groups is 1. The third kappa shape index (κ3) is 7.48. The van der Waals surface area contributed by atoms with Gasteiger partial charge in [-0.2, -0.15) is 0 Å². The quantitative estimate of drug-likeness (QED) is 0.324. The van der Waals surface area contributed by atoms with Crippen molar-refractivity contribution in [3.8, 4) is 11.5 Å². The van der Waals surface area contributed by atoms with Crippen LogP contribution in [0.25, 0.3) is 0 Å². The van der Waals surface area contributed by atoms with E-state index in [-0.39, 0.29) is 36.6 Å². The number of hydrogen-bond donors (Lipinski definition) is 3. The fourth-order valence-electron chi connectivity index (χ4n) is 4.18. The Morgan fingerprint density at radius 2 is 1.85 bits per heavy atom. The number of para-hydroxylation sites is 1. The highest BCUT2D eigenvalue weighted by atomic mass is 35.5. The van der Waals surface area contributed by atoms with Crippen LogP contribution >= 0.6 is 11.6 Å². The van der Waals surface area contributed by atoms with Crippen molar-refractivity contribution in [2.75, 3.05) is 32.1 Å². The van der Waals surface area contributed by atoms with Crippen LogP contribution in [0.4, 0.5) is 14.5 Å². The van der Waals surface area contributed by atoms with Crippen LogP contribution in [-0.4, -0.2) is 60.4 Å². The molecule has 1 aliphatic heterocycles. The van der Waals surface area contributed by atoms with Crippen LogP contribution in [0.5, 0.6) is 11.5 Å². The van der Waals surface area contributed by atoms with Crippen molar-refractivity contribution in [3.05, 3.63) is 88.4 Å². The molecule has 0 saturated carbocycles. The molecule has 1 atom stereocenters. The molecule has 10 nitrogen and oxygen atoms in total. The van der Waals surface area contributed by atoms with Gasteiger partial charge in [0.05, 0.1) is 31.7 Å². The summed E-state index contributed by atoms with van der Waals surface area (Å²) in [6.07, 6.45) is 0.168. The minimum Gasteiger partial charge on any atom is -0.496 e. The summed E-state index contributed by atoms with van der Waals surface area (Å²) in [6.45, 7) is -0.729. The second kappa shape index (κ2) is 13.1. The molecule has 0 radical (unpaired) electrons. The largest absolute Gasteiger partial charge is 0.496 e. The first-order valence-corrected chi connectivity index (χ1v) is 12.7. The summed E-state index contributed by atoms with van der Waals surface area (Å²) in [4.78, 5) is 48.5. The molecule has 41 heavy (non-hydrogen) atoms. The fourth-order valence-corrected chi connectivity index (χ4v) is 4.38. The Balaban J connectivity index is 1.56. The van der Waals surface area contributed by atoms with Gasteiger partial charge >= 0.3 is 5.97 Å². The number of hydrogen-bond acceptors (Lipinski definition) is 7. The molecular weight excluding hydrogens is 562 g/mol. The molecule has 3 aromatic rings. The number of anilines is 1. The monoisotopic (exact) mass is 586 g/mol. The Hall–Kier alpha value is -4.71. The topological polar surface area (TPSA) is 130 Å². The maximum Gasteiger partial charge on any atom is 0.335 e. The van der Waals surface area contributed by atoms with Gasteiger partial charge in [0.15, 0.2) is 17.5 Å². The van der Waals surface area contributed by atoms with Crippen molar-refractivity contribution in [3.63, 3.8) is 0 Å². The Morgan fingerprint density at radius 1 is 1.12 bits per heavy atom. The van der Waals surface area contributed by atoms with Crippen molar-refractivity contribution < 1.29 is 37.8 Å². The van der Waals surface area contributed by atoms with Gasteiger partial charge in [-0.05, 0) is 60.5 Å². The van der Waals surface area contributed by atoms with Crippen LogP contribution in [-0.2, 0) is 16.0 Å². The molecule has 214 valence electrons. The zero-order valence-corrected chi connectivity index (χ0v) is 22.5. The molecular formula is C28H25ClF2N4O6. The van der Waals surface area contributed by atoms with Crippen molar-refractivity contribution in [2.24, 2.45) is 10.9 Å². The van der Waals surface area contributed by atoms with Crippen molar-refractivity contribution >= 4 is 40.9 Å². The van der Waals surface area contributed by atoms with E-state index < -0.39 is 47.6 Å². The standard InChI is InChI=1S/C28H25ClF2N4O6/c1-40-23-9-8-19(29)11-17(23)10-18-13-32-24(34-41-26-21(30)6-3-7-22(26)31)14-35(27(18)37)15-25(36)33-20-5-2-4-16(12-20)28(38)39/h2-9,11-12,18H,10,13-15H2,1H3,(H,32,34)(H,33,36)(H,38,39)/t18-/m1/s1. The molecule has 3 N–H and O–H groups in total. The molecule has 0 saturated heterocycles. The number of halogens is 3. The van der Waals surface area contributed by atoms with Gasteiger partial charge < -0.3 is 24.9 Å². The highest BCUT2D eigenvalue weighted by molar-refractivity contribution is 6.30. The van der Waals surface area contributed by atoms with E-state index in [0.29, 0.717) is 16.3 Å². The number of aromatic carboxylic acids is 1.